The van der Waals surface area contributed by atoms with E-state index in [2.05, 4.69) is 34.4 Å². The molecule has 5 nitrogen and oxygen atoms in total. The highest BCUT2D eigenvalue weighted by atomic mass is 16.2. The molecule has 1 heterocycles. The molecule has 0 fully saturated rings. The van der Waals surface area contributed by atoms with E-state index in [1.54, 1.807) is 18.5 Å². The minimum absolute atomic E-state index is 0.280. The van der Waals surface area contributed by atoms with Crippen molar-refractivity contribution >= 4 is 17.7 Å². The fourth-order valence-corrected chi connectivity index (χ4v) is 1.73. The lowest BCUT2D eigenvalue weighted by Crippen LogP contribution is -2.21. The van der Waals surface area contributed by atoms with Crippen molar-refractivity contribution in [2.24, 2.45) is 0 Å². The Bertz CT molecular complexity index is 554. The van der Waals surface area contributed by atoms with Gasteiger partial charge in [0.1, 0.15) is 0 Å². The summed E-state index contributed by atoms with van der Waals surface area (Å²) < 4.78 is 0. The zero-order chi connectivity index (χ0) is 13.7. The predicted molar refractivity (Wildman–Crippen MR) is 75.2 cm³/mol. The van der Waals surface area contributed by atoms with E-state index in [0.29, 0.717) is 5.92 Å². The molecule has 0 radical (unpaired) electrons. The molecule has 0 aliphatic carbocycles. The average Bonchev–Trinajstić information content (AvgIpc) is 2.40. The number of aromatic nitrogens is 2. The number of anilines is 2. The van der Waals surface area contributed by atoms with Crippen molar-refractivity contribution in [1.29, 1.82) is 0 Å². The molecule has 0 atom stereocenters. The monoisotopic (exact) mass is 256 g/mol. The molecule has 1 aromatic carbocycles. The maximum absolute atomic E-state index is 11.9. The summed E-state index contributed by atoms with van der Waals surface area (Å²) in [4.78, 5) is 19.7. The topological polar surface area (TPSA) is 66.9 Å². The fourth-order valence-electron chi connectivity index (χ4n) is 1.73. The minimum Gasteiger partial charge on any atom is -0.307 e. The molecule has 0 aliphatic heterocycles. The number of hydrogen-bond acceptors (Lipinski definition) is 3. The summed E-state index contributed by atoms with van der Waals surface area (Å²) in [6.45, 7) is 4.16. The number of carbonyl (C=O) groups excluding carboxylic acids is 1. The SMILES string of the molecule is CC(C)c1ccccc1NC(=O)Nc1ncccn1. The highest BCUT2D eigenvalue weighted by molar-refractivity contribution is 5.99. The van der Waals surface area contributed by atoms with Crippen molar-refractivity contribution < 1.29 is 4.79 Å². The van der Waals surface area contributed by atoms with Crippen LogP contribution in [0, 0.1) is 0 Å². The van der Waals surface area contributed by atoms with E-state index in [-0.39, 0.29) is 12.0 Å². The van der Waals surface area contributed by atoms with Crippen molar-refractivity contribution in [3.8, 4) is 0 Å². The third kappa shape index (κ3) is 3.51. The number of benzene rings is 1. The van der Waals surface area contributed by atoms with E-state index < -0.39 is 0 Å². The molecular formula is C14H16N4O. The molecule has 0 spiro atoms. The first-order chi connectivity index (χ1) is 9.16. The molecule has 0 saturated heterocycles. The number of rotatable bonds is 3. The summed E-state index contributed by atoms with van der Waals surface area (Å²) in [5.41, 5.74) is 1.89. The van der Waals surface area contributed by atoms with E-state index >= 15 is 0 Å². The maximum Gasteiger partial charge on any atom is 0.326 e. The summed E-state index contributed by atoms with van der Waals surface area (Å²) in [6, 6.07) is 9.07. The Morgan fingerprint density at radius 2 is 1.74 bits per heavy atom. The number of amides is 2. The van der Waals surface area contributed by atoms with Crippen LogP contribution in [-0.2, 0) is 0 Å². The lowest BCUT2D eigenvalue weighted by atomic mass is 10.0. The molecule has 98 valence electrons. The lowest BCUT2D eigenvalue weighted by molar-refractivity contribution is 0.262. The Hall–Kier alpha value is -2.43. The lowest BCUT2D eigenvalue weighted by Gasteiger charge is -2.13. The van der Waals surface area contributed by atoms with Gasteiger partial charge in [-0.2, -0.15) is 0 Å². The smallest absolute Gasteiger partial charge is 0.307 e. The number of carbonyl (C=O) groups is 1. The molecule has 2 amide bonds. The standard InChI is InChI=1S/C14H16N4O/c1-10(2)11-6-3-4-7-12(11)17-14(19)18-13-15-8-5-9-16-13/h3-10H,1-2H3,(H2,15,16,17,18,19). The van der Waals surface area contributed by atoms with Gasteiger partial charge in [-0.15, -0.1) is 0 Å². The van der Waals surface area contributed by atoms with Crippen molar-refractivity contribution in [1.82, 2.24) is 9.97 Å². The van der Waals surface area contributed by atoms with Crippen LogP contribution >= 0.6 is 0 Å². The number of para-hydroxylation sites is 1. The van der Waals surface area contributed by atoms with Crippen molar-refractivity contribution in [2.75, 3.05) is 10.6 Å². The second-order valence-electron chi connectivity index (χ2n) is 4.39. The highest BCUT2D eigenvalue weighted by Crippen LogP contribution is 2.23. The van der Waals surface area contributed by atoms with Crippen molar-refractivity contribution in [2.45, 2.75) is 19.8 Å². The zero-order valence-corrected chi connectivity index (χ0v) is 10.9. The van der Waals surface area contributed by atoms with Gasteiger partial charge in [0.2, 0.25) is 5.95 Å². The molecular weight excluding hydrogens is 240 g/mol. The second kappa shape index (κ2) is 5.95. The third-order valence-corrected chi connectivity index (χ3v) is 2.62. The number of urea groups is 1. The second-order valence-corrected chi connectivity index (χ2v) is 4.39. The Morgan fingerprint density at radius 3 is 2.42 bits per heavy atom. The first-order valence-electron chi connectivity index (χ1n) is 6.11. The summed E-state index contributed by atoms with van der Waals surface area (Å²) in [7, 11) is 0. The van der Waals surface area contributed by atoms with Crippen LogP contribution in [0.2, 0.25) is 0 Å². The van der Waals surface area contributed by atoms with Gasteiger partial charge in [0.05, 0.1) is 0 Å². The summed E-state index contributed by atoms with van der Waals surface area (Å²) in [6.07, 6.45) is 3.15. The van der Waals surface area contributed by atoms with Gasteiger partial charge in [0.15, 0.2) is 0 Å². The first-order valence-corrected chi connectivity index (χ1v) is 6.11. The van der Waals surface area contributed by atoms with Gasteiger partial charge >= 0.3 is 6.03 Å². The molecule has 0 aliphatic rings. The largest absolute Gasteiger partial charge is 0.326 e. The molecule has 0 saturated carbocycles. The van der Waals surface area contributed by atoms with Crippen molar-refractivity contribution in [3.63, 3.8) is 0 Å². The summed E-state index contributed by atoms with van der Waals surface area (Å²) in [5, 5.41) is 5.39. The molecule has 2 rings (SSSR count). The van der Waals surface area contributed by atoms with Gasteiger partial charge in [-0.1, -0.05) is 32.0 Å². The van der Waals surface area contributed by atoms with Crippen molar-refractivity contribution in [3.05, 3.63) is 48.3 Å². The minimum atomic E-state index is -0.348. The highest BCUT2D eigenvalue weighted by Gasteiger charge is 2.09. The molecule has 5 heteroatoms. The molecule has 0 bridgehead atoms. The summed E-state index contributed by atoms with van der Waals surface area (Å²) >= 11 is 0. The van der Waals surface area contributed by atoms with E-state index in [4.69, 9.17) is 0 Å². The van der Waals surface area contributed by atoms with Crippen LogP contribution in [0.25, 0.3) is 0 Å². The Labute approximate surface area is 112 Å². The van der Waals surface area contributed by atoms with Crippen LogP contribution in [-0.4, -0.2) is 16.0 Å². The van der Waals surface area contributed by atoms with Crippen LogP contribution in [0.4, 0.5) is 16.4 Å². The third-order valence-electron chi connectivity index (χ3n) is 2.62. The van der Waals surface area contributed by atoms with Gasteiger partial charge in [0, 0.05) is 18.1 Å². The quantitative estimate of drug-likeness (QED) is 0.885. The number of nitrogens with zero attached hydrogens (tertiary/aromatic N) is 2. The van der Waals surface area contributed by atoms with Crippen LogP contribution < -0.4 is 10.6 Å². The maximum atomic E-state index is 11.9. The predicted octanol–water partition coefficient (Wildman–Crippen LogP) is 3.24. The molecule has 2 aromatic rings. The summed E-state index contributed by atoms with van der Waals surface area (Å²) in [5.74, 6) is 0.617. The van der Waals surface area contributed by atoms with Crippen LogP contribution in [0.15, 0.2) is 42.7 Å². The Morgan fingerprint density at radius 1 is 1.05 bits per heavy atom. The van der Waals surface area contributed by atoms with Gasteiger partial charge in [-0.3, -0.25) is 5.32 Å². The average molecular weight is 256 g/mol. The van der Waals surface area contributed by atoms with Gasteiger partial charge in [-0.05, 0) is 23.6 Å². The Kier molecular flexibility index (Phi) is 4.07. The molecule has 1 aromatic heterocycles. The first kappa shape index (κ1) is 13.0. The van der Waals surface area contributed by atoms with E-state index in [0.717, 1.165) is 11.3 Å². The Balaban J connectivity index is 2.07. The van der Waals surface area contributed by atoms with Crippen LogP contribution in [0.3, 0.4) is 0 Å². The number of hydrogen-bond donors (Lipinski definition) is 2. The van der Waals surface area contributed by atoms with Gasteiger partial charge in [-0.25, -0.2) is 14.8 Å². The van der Waals surface area contributed by atoms with Crippen LogP contribution in [0.5, 0.6) is 0 Å². The zero-order valence-electron chi connectivity index (χ0n) is 10.9. The molecule has 0 unspecified atom stereocenters. The fraction of sp³-hybridized carbons (Fsp3) is 0.214. The molecule has 2 N–H and O–H groups in total. The van der Waals surface area contributed by atoms with E-state index in [1.807, 2.05) is 24.3 Å². The van der Waals surface area contributed by atoms with Crippen LogP contribution in [0.1, 0.15) is 25.3 Å². The van der Waals surface area contributed by atoms with Gasteiger partial charge < -0.3 is 5.32 Å². The normalized spacial score (nSPS) is 10.3. The van der Waals surface area contributed by atoms with E-state index in [1.165, 1.54) is 0 Å². The molecule has 19 heavy (non-hydrogen) atoms. The van der Waals surface area contributed by atoms with E-state index in [9.17, 15) is 4.79 Å². The number of nitrogens with one attached hydrogen (secondary N) is 2. The van der Waals surface area contributed by atoms with Gasteiger partial charge in [0.25, 0.3) is 0 Å².